The van der Waals surface area contributed by atoms with Gasteiger partial charge in [-0.05, 0) is 90.3 Å². The largest absolute Gasteiger partial charge is 0.0955 e. The van der Waals surface area contributed by atoms with Gasteiger partial charge in [-0.25, -0.2) is 0 Å². The molecule has 3 aromatic carbocycles. The second-order valence-electron chi connectivity index (χ2n) is 14.5. The molecule has 3 rings (SSSR count). The van der Waals surface area contributed by atoms with Crippen LogP contribution in [-0.4, -0.2) is 0 Å². The van der Waals surface area contributed by atoms with Crippen molar-refractivity contribution in [3.63, 3.8) is 0 Å². The van der Waals surface area contributed by atoms with E-state index in [0.717, 1.165) is 18.4 Å². The predicted octanol–water partition coefficient (Wildman–Crippen LogP) is 13.7. The first-order valence-corrected chi connectivity index (χ1v) is 16.9. The van der Waals surface area contributed by atoms with Crippen molar-refractivity contribution >= 4 is 5.57 Å². The van der Waals surface area contributed by atoms with Crippen molar-refractivity contribution in [2.45, 2.75) is 126 Å². The zero-order valence-corrected chi connectivity index (χ0v) is 31.4. The van der Waals surface area contributed by atoms with E-state index >= 15 is 0 Å². The molecule has 1 atom stereocenters. The van der Waals surface area contributed by atoms with Gasteiger partial charge in [-0.15, -0.1) is 0 Å². The minimum Gasteiger partial charge on any atom is -0.0955 e. The predicted molar refractivity (Wildman–Crippen MR) is 206 cm³/mol. The molecule has 0 N–H and O–H groups in total. The lowest BCUT2D eigenvalue weighted by Gasteiger charge is -2.34. The van der Waals surface area contributed by atoms with Gasteiger partial charge in [0.2, 0.25) is 0 Å². The van der Waals surface area contributed by atoms with Crippen molar-refractivity contribution < 1.29 is 0 Å². The fourth-order valence-corrected chi connectivity index (χ4v) is 5.24. The molecule has 0 aromatic heterocycles. The molecule has 0 aliphatic heterocycles. The van der Waals surface area contributed by atoms with Crippen LogP contribution in [-0.2, 0) is 22.7 Å². The summed E-state index contributed by atoms with van der Waals surface area (Å²) >= 11 is 0. The first kappa shape index (κ1) is 39.6. The molecular weight excluding hydrogens is 540 g/mol. The number of benzene rings is 3. The minimum atomic E-state index is -0.179. The van der Waals surface area contributed by atoms with Crippen molar-refractivity contribution in [1.29, 1.82) is 0 Å². The lowest BCUT2D eigenvalue weighted by Crippen LogP contribution is -2.28. The van der Waals surface area contributed by atoms with Crippen molar-refractivity contribution in [1.82, 2.24) is 0 Å². The lowest BCUT2D eigenvalue weighted by molar-refractivity contribution is 0.554. The van der Waals surface area contributed by atoms with Crippen molar-refractivity contribution in [2.75, 3.05) is 0 Å². The molecule has 0 aliphatic rings. The van der Waals surface area contributed by atoms with Gasteiger partial charge in [0.1, 0.15) is 0 Å². The second kappa shape index (κ2) is 17.4. The summed E-state index contributed by atoms with van der Waals surface area (Å²) in [6, 6.07) is 26.5. The highest BCUT2D eigenvalue weighted by molar-refractivity contribution is 5.62. The van der Waals surface area contributed by atoms with Gasteiger partial charge in [0.05, 0.1) is 0 Å². The molecule has 244 valence electrons. The number of hydrogen-bond donors (Lipinski definition) is 0. The van der Waals surface area contributed by atoms with E-state index in [1.807, 2.05) is 20.8 Å². The molecule has 3 aromatic rings. The summed E-state index contributed by atoms with van der Waals surface area (Å²) in [7, 11) is 0. The third-order valence-electron chi connectivity index (χ3n) is 8.58. The molecule has 0 unspecified atom stereocenters. The van der Waals surface area contributed by atoms with Gasteiger partial charge in [0.25, 0.3) is 0 Å². The van der Waals surface area contributed by atoms with Gasteiger partial charge in [-0.1, -0.05) is 184 Å². The molecule has 0 radical (unpaired) electrons. The molecule has 0 saturated heterocycles. The summed E-state index contributed by atoms with van der Waals surface area (Å²) in [6.45, 7) is 39.3. The number of aryl methyl sites for hydroxylation is 1. The summed E-state index contributed by atoms with van der Waals surface area (Å²) in [5.74, 6) is 0. The topological polar surface area (TPSA) is 0 Å². The maximum Gasteiger partial charge on any atom is 0.0209 e. The first-order chi connectivity index (χ1) is 20.9. The Labute approximate surface area is 279 Å². The van der Waals surface area contributed by atoms with Crippen LogP contribution in [0.2, 0.25) is 0 Å². The van der Waals surface area contributed by atoms with Crippen molar-refractivity contribution in [3.8, 4) is 0 Å². The quantitative estimate of drug-likeness (QED) is 0.224. The molecule has 0 fully saturated rings. The summed E-state index contributed by atoms with van der Waals surface area (Å²) < 4.78 is 0. The maximum absolute atomic E-state index is 4.62. The van der Waals surface area contributed by atoms with E-state index in [1.54, 1.807) is 0 Å². The first-order valence-electron chi connectivity index (χ1n) is 16.9. The van der Waals surface area contributed by atoms with E-state index in [1.165, 1.54) is 50.1 Å². The van der Waals surface area contributed by atoms with Crippen LogP contribution in [0.15, 0.2) is 115 Å². The van der Waals surface area contributed by atoms with Gasteiger partial charge in [0, 0.05) is 5.41 Å². The fraction of sp³-hybridized carbons (Fsp3) is 0.422. The molecule has 0 nitrogen and oxygen atoms in total. The highest BCUT2D eigenvalue weighted by Gasteiger charge is 2.31. The Kier molecular flexibility index (Phi) is 15.3. The Hall–Kier alpha value is -3.38. The summed E-state index contributed by atoms with van der Waals surface area (Å²) in [6.07, 6.45) is 6.47. The summed E-state index contributed by atoms with van der Waals surface area (Å²) in [5, 5.41) is 0. The van der Waals surface area contributed by atoms with Crippen LogP contribution < -0.4 is 0 Å². The Bertz CT molecular complexity index is 1440. The Balaban J connectivity index is 0.000000562. The van der Waals surface area contributed by atoms with Crippen LogP contribution in [0.5, 0.6) is 0 Å². The van der Waals surface area contributed by atoms with Gasteiger partial charge in [0.15, 0.2) is 0 Å². The normalized spacial score (nSPS) is 13.5. The fourth-order valence-electron chi connectivity index (χ4n) is 5.24. The minimum absolute atomic E-state index is 0.113. The van der Waals surface area contributed by atoms with Gasteiger partial charge < -0.3 is 0 Å². The van der Waals surface area contributed by atoms with Crippen LogP contribution in [0.4, 0.5) is 0 Å². The summed E-state index contributed by atoms with van der Waals surface area (Å²) in [4.78, 5) is 0. The Morgan fingerprint density at radius 3 is 1.76 bits per heavy atom. The lowest BCUT2D eigenvalue weighted by atomic mass is 9.69. The van der Waals surface area contributed by atoms with Crippen LogP contribution in [0.25, 0.3) is 5.57 Å². The highest BCUT2D eigenvalue weighted by Crippen LogP contribution is 2.39. The smallest absolute Gasteiger partial charge is 0.0209 e. The molecular formula is C45H64. The zero-order valence-electron chi connectivity index (χ0n) is 31.4. The van der Waals surface area contributed by atoms with Gasteiger partial charge in [-0.2, -0.15) is 0 Å². The Morgan fingerprint density at radius 2 is 1.27 bits per heavy atom. The monoisotopic (exact) mass is 605 g/mol. The Morgan fingerprint density at radius 1 is 0.711 bits per heavy atom. The molecule has 0 aliphatic carbocycles. The van der Waals surface area contributed by atoms with Gasteiger partial charge >= 0.3 is 0 Å². The number of rotatable bonds is 8. The third kappa shape index (κ3) is 11.8. The average Bonchev–Trinajstić information content (AvgIpc) is 3.00. The molecule has 0 amide bonds. The van der Waals surface area contributed by atoms with Crippen LogP contribution in [0.3, 0.4) is 0 Å². The molecule has 0 saturated carbocycles. The van der Waals surface area contributed by atoms with Crippen molar-refractivity contribution in [2.24, 2.45) is 0 Å². The van der Waals surface area contributed by atoms with Crippen molar-refractivity contribution in [3.05, 3.63) is 148 Å². The molecule has 0 spiro atoms. The SMILES string of the molecule is C=C(/C=C(CC)\C(C)=C/C)[C@](C)(Cc1ccccc1)c1cc(C)cc(C(C)(C)C)c1.C=C(C)c1cccc(C(C)(C)C)c1.CC. The van der Waals surface area contributed by atoms with E-state index in [9.17, 15) is 0 Å². The highest BCUT2D eigenvalue weighted by atomic mass is 14.3. The zero-order chi connectivity index (χ0) is 34.6. The van der Waals surface area contributed by atoms with Gasteiger partial charge in [-0.3, -0.25) is 0 Å². The van der Waals surface area contributed by atoms with E-state index in [2.05, 4.69) is 174 Å². The van der Waals surface area contributed by atoms with E-state index in [4.69, 9.17) is 0 Å². The van der Waals surface area contributed by atoms with E-state index in [-0.39, 0.29) is 16.2 Å². The van der Waals surface area contributed by atoms with Crippen LogP contribution in [0, 0.1) is 6.92 Å². The van der Waals surface area contributed by atoms with Crippen LogP contribution in [0.1, 0.15) is 130 Å². The van der Waals surface area contributed by atoms with Crippen LogP contribution >= 0.6 is 0 Å². The molecule has 0 bridgehead atoms. The maximum atomic E-state index is 4.62. The number of hydrogen-bond acceptors (Lipinski definition) is 0. The standard InChI is InChI=1S/C30H40.C13H18.C2H6/c1-10-23(4)26(11-2)19-24(5)30(9,21-25-15-13-12-14-16-25)28-18-22(3)17-27(20-28)29(6,7)8;1-10(2)11-7-6-8-12(9-11)13(3,4)5;1-2/h10,12-20H,5,11,21H2,1-4,6-9H3;6-9H,1H2,2-5H3;1-2H3/b23-10-,26-19-;;/t30-;;/m0../s1. The average molecular weight is 605 g/mol. The number of allylic oxidation sites excluding steroid dienone is 6. The summed E-state index contributed by atoms with van der Waals surface area (Å²) in [5.41, 5.74) is 13.2. The molecule has 0 heteroatoms. The third-order valence-corrected chi connectivity index (χ3v) is 8.58. The molecule has 0 heterocycles. The van der Waals surface area contributed by atoms with E-state index in [0.29, 0.717) is 0 Å². The second-order valence-corrected chi connectivity index (χ2v) is 14.5. The molecule has 45 heavy (non-hydrogen) atoms. The van der Waals surface area contributed by atoms with E-state index < -0.39 is 0 Å².